The summed E-state index contributed by atoms with van der Waals surface area (Å²) in [5.74, 6) is 0.100. The monoisotopic (exact) mass is 379 g/mol. The molecule has 3 rings (SSSR count). The van der Waals surface area contributed by atoms with E-state index in [1.165, 1.54) is 11.3 Å². The highest BCUT2D eigenvalue weighted by molar-refractivity contribution is 7.98. The van der Waals surface area contributed by atoms with E-state index in [-0.39, 0.29) is 5.28 Å². The Bertz CT molecular complexity index is 898. The van der Waals surface area contributed by atoms with Gasteiger partial charge >= 0.3 is 5.97 Å². The third-order valence-electron chi connectivity index (χ3n) is 3.23. The number of nitrogens with one attached hydrogen (secondary N) is 1. The standard InChI is InChI=1S/C16H14ClN3O2S2/c1-3-22-15(21)11-8-24-14-12(11)13(19-16(17)20-14)18-9-5-4-6-10(7-9)23-2/h4-8H,3H2,1-2H3,(H,18,19,20). The molecule has 0 amide bonds. The number of nitrogens with zero attached hydrogens (tertiary/aromatic N) is 2. The Morgan fingerprint density at radius 2 is 2.25 bits per heavy atom. The number of ether oxygens (including phenoxy) is 1. The number of hydrogen-bond acceptors (Lipinski definition) is 7. The number of benzene rings is 1. The van der Waals surface area contributed by atoms with Gasteiger partial charge in [0.05, 0.1) is 17.6 Å². The Labute approximate surface area is 152 Å². The molecule has 0 saturated heterocycles. The maximum absolute atomic E-state index is 12.2. The van der Waals surface area contributed by atoms with Crippen molar-refractivity contribution >= 4 is 62.4 Å². The van der Waals surface area contributed by atoms with Gasteiger partial charge < -0.3 is 10.1 Å². The quantitative estimate of drug-likeness (QED) is 0.383. The molecule has 3 aromatic rings. The maximum Gasteiger partial charge on any atom is 0.339 e. The lowest BCUT2D eigenvalue weighted by molar-refractivity contribution is 0.0529. The average molecular weight is 380 g/mol. The molecule has 8 heteroatoms. The molecule has 1 aromatic carbocycles. The van der Waals surface area contributed by atoms with Crippen LogP contribution in [0, 0.1) is 0 Å². The summed E-state index contributed by atoms with van der Waals surface area (Å²) < 4.78 is 5.11. The highest BCUT2D eigenvalue weighted by Crippen LogP contribution is 2.33. The van der Waals surface area contributed by atoms with E-state index in [1.54, 1.807) is 24.1 Å². The highest BCUT2D eigenvalue weighted by Gasteiger charge is 2.19. The molecule has 0 bridgehead atoms. The van der Waals surface area contributed by atoms with Gasteiger partial charge in [-0.05, 0) is 43.0 Å². The summed E-state index contributed by atoms with van der Waals surface area (Å²) in [5.41, 5.74) is 1.30. The fourth-order valence-corrected chi connectivity index (χ4v) is 3.79. The van der Waals surface area contributed by atoms with Crippen LogP contribution < -0.4 is 5.32 Å². The fraction of sp³-hybridized carbons (Fsp3) is 0.188. The molecule has 0 radical (unpaired) electrons. The maximum atomic E-state index is 12.2. The summed E-state index contributed by atoms with van der Waals surface area (Å²) in [6.45, 7) is 2.08. The van der Waals surface area contributed by atoms with Crippen LogP contribution >= 0.6 is 34.7 Å². The lowest BCUT2D eigenvalue weighted by Gasteiger charge is -2.09. The predicted octanol–water partition coefficient (Wildman–Crippen LogP) is 4.99. The van der Waals surface area contributed by atoms with Gasteiger partial charge in [-0.1, -0.05) is 6.07 Å². The van der Waals surface area contributed by atoms with Gasteiger partial charge in [0.25, 0.3) is 0 Å². The molecule has 0 fully saturated rings. The number of fused-ring (bicyclic) bond motifs is 1. The van der Waals surface area contributed by atoms with Crippen molar-refractivity contribution in [2.24, 2.45) is 0 Å². The summed E-state index contributed by atoms with van der Waals surface area (Å²) in [6, 6.07) is 7.90. The van der Waals surface area contributed by atoms with Crippen LogP contribution in [0.25, 0.3) is 10.2 Å². The van der Waals surface area contributed by atoms with Crippen molar-refractivity contribution in [1.29, 1.82) is 0 Å². The minimum atomic E-state index is -0.393. The molecule has 2 heterocycles. The van der Waals surface area contributed by atoms with E-state index >= 15 is 0 Å². The zero-order chi connectivity index (χ0) is 17.1. The minimum Gasteiger partial charge on any atom is -0.462 e. The second-order valence-electron chi connectivity index (χ2n) is 4.75. The molecular weight excluding hydrogens is 366 g/mol. The summed E-state index contributed by atoms with van der Waals surface area (Å²) in [5, 5.41) is 5.71. The topological polar surface area (TPSA) is 64.1 Å². The van der Waals surface area contributed by atoms with Gasteiger partial charge in [-0.15, -0.1) is 23.1 Å². The van der Waals surface area contributed by atoms with Crippen molar-refractivity contribution in [1.82, 2.24) is 9.97 Å². The number of aromatic nitrogens is 2. The van der Waals surface area contributed by atoms with Crippen LogP contribution in [-0.4, -0.2) is 28.8 Å². The molecule has 124 valence electrons. The van der Waals surface area contributed by atoms with E-state index in [4.69, 9.17) is 16.3 Å². The van der Waals surface area contributed by atoms with Gasteiger partial charge in [-0.2, -0.15) is 4.98 Å². The Morgan fingerprint density at radius 3 is 3.00 bits per heavy atom. The number of thioether (sulfide) groups is 1. The van der Waals surface area contributed by atoms with Crippen LogP contribution in [0.1, 0.15) is 17.3 Å². The molecule has 0 spiro atoms. The van der Waals surface area contributed by atoms with Gasteiger partial charge in [0, 0.05) is 16.0 Å². The van der Waals surface area contributed by atoms with Gasteiger partial charge in [0.15, 0.2) is 0 Å². The van der Waals surface area contributed by atoms with Gasteiger partial charge in [0.2, 0.25) is 5.28 Å². The summed E-state index contributed by atoms with van der Waals surface area (Å²) in [6.07, 6.45) is 2.01. The number of hydrogen-bond donors (Lipinski definition) is 1. The van der Waals surface area contributed by atoms with Crippen molar-refractivity contribution in [2.75, 3.05) is 18.2 Å². The molecule has 0 aliphatic rings. The van der Waals surface area contributed by atoms with Crippen molar-refractivity contribution < 1.29 is 9.53 Å². The van der Waals surface area contributed by atoms with Crippen molar-refractivity contribution in [3.63, 3.8) is 0 Å². The van der Waals surface area contributed by atoms with Gasteiger partial charge in [-0.3, -0.25) is 0 Å². The normalized spacial score (nSPS) is 10.8. The van der Waals surface area contributed by atoms with Crippen molar-refractivity contribution in [3.05, 3.63) is 40.5 Å². The number of halogens is 1. The summed E-state index contributed by atoms with van der Waals surface area (Å²) in [7, 11) is 0. The SMILES string of the molecule is CCOC(=O)c1csc2nc(Cl)nc(Nc3cccc(SC)c3)c12. The zero-order valence-electron chi connectivity index (χ0n) is 13.0. The van der Waals surface area contributed by atoms with Crippen LogP contribution in [-0.2, 0) is 4.74 Å². The molecule has 0 atom stereocenters. The number of carbonyl (C=O) groups excluding carboxylic acids is 1. The molecule has 0 aliphatic carbocycles. The van der Waals surface area contributed by atoms with E-state index in [2.05, 4.69) is 15.3 Å². The van der Waals surface area contributed by atoms with Crippen LogP contribution in [0.4, 0.5) is 11.5 Å². The van der Waals surface area contributed by atoms with Crippen molar-refractivity contribution in [3.8, 4) is 0 Å². The smallest absolute Gasteiger partial charge is 0.339 e. The molecule has 0 aliphatic heterocycles. The van der Waals surface area contributed by atoms with Crippen LogP contribution in [0.15, 0.2) is 34.5 Å². The number of thiophene rings is 1. The number of rotatable bonds is 5. The van der Waals surface area contributed by atoms with E-state index < -0.39 is 5.97 Å². The lowest BCUT2D eigenvalue weighted by Crippen LogP contribution is -2.05. The summed E-state index contributed by atoms with van der Waals surface area (Å²) >= 11 is 9.00. The molecule has 1 N–H and O–H groups in total. The van der Waals surface area contributed by atoms with Gasteiger partial charge in [0.1, 0.15) is 10.6 Å². The predicted molar refractivity (Wildman–Crippen MR) is 99.9 cm³/mol. The van der Waals surface area contributed by atoms with Gasteiger partial charge in [-0.25, -0.2) is 9.78 Å². The Hall–Kier alpha value is -1.83. The number of carbonyl (C=O) groups is 1. The highest BCUT2D eigenvalue weighted by atomic mass is 35.5. The first kappa shape index (κ1) is 17.0. The molecular formula is C16H14ClN3O2S2. The molecule has 0 saturated carbocycles. The average Bonchev–Trinajstić information content (AvgIpc) is 2.99. The van der Waals surface area contributed by atoms with Crippen molar-refractivity contribution in [2.45, 2.75) is 11.8 Å². The second-order valence-corrected chi connectivity index (χ2v) is 6.82. The minimum absolute atomic E-state index is 0.128. The van der Waals surface area contributed by atoms with Crippen LogP contribution in [0.2, 0.25) is 5.28 Å². The summed E-state index contributed by atoms with van der Waals surface area (Å²) in [4.78, 5) is 22.4. The van der Waals surface area contributed by atoms with E-state index in [1.807, 2.05) is 30.5 Å². The molecule has 24 heavy (non-hydrogen) atoms. The third-order valence-corrected chi connectivity index (χ3v) is 5.00. The molecule has 5 nitrogen and oxygen atoms in total. The Kier molecular flexibility index (Phi) is 5.23. The van der Waals surface area contributed by atoms with E-state index in [0.717, 1.165) is 10.6 Å². The second kappa shape index (κ2) is 7.38. The fourth-order valence-electron chi connectivity index (χ4n) is 2.20. The number of esters is 1. The first-order valence-electron chi connectivity index (χ1n) is 7.15. The van der Waals surface area contributed by atoms with Crippen LogP contribution in [0.3, 0.4) is 0 Å². The third kappa shape index (κ3) is 3.48. The zero-order valence-corrected chi connectivity index (χ0v) is 15.4. The number of anilines is 2. The molecule has 2 aromatic heterocycles. The Balaban J connectivity index is 2.08. The first-order chi connectivity index (χ1) is 11.6. The Morgan fingerprint density at radius 1 is 1.42 bits per heavy atom. The largest absolute Gasteiger partial charge is 0.462 e. The molecule has 0 unspecified atom stereocenters. The lowest BCUT2D eigenvalue weighted by atomic mass is 10.2. The van der Waals surface area contributed by atoms with Crippen LogP contribution in [0.5, 0.6) is 0 Å². The first-order valence-corrected chi connectivity index (χ1v) is 9.63. The van der Waals surface area contributed by atoms with E-state index in [0.29, 0.717) is 28.2 Å². The van der Waals surface area contributed by atoms with E-state index in [9.17, 15) is 4.79 Å².